The highest BCUT2D eigenvalue weighted by atomic mass is 35.5. The Morgan fingerprint density at radius 1 is 1.23 bits per heavy atom. The highest BCUT2D eigenvalue weighted by Crippen LogP contribution is 2.15. The molecule has 0 aliphatic heterocycles. The Labute approximate surface area is 135 Å². The third-order valence-electron chi connectivity index (χ3n) is 3.13. The Kier molecular flexibility index (Phi) is 5.81. The van der Waals surface area contributed by atoms with Crippen molar-refractivity contribution in [3.05, 3.63) is 59.1 Å². The molecule has 0 atom stereocenters. The minimum Gasteiger partial charge on any atom is -0.497 e. The maximum Gasteiger partial charge on any atom is 0.238 e. The van der Waals surface area contributed by atoms with Crippen molar-refractivity contribution in [2.45, 2.75) is 6.54 Å². The van der Waals surface area contributed by atoms with E-state index in [1.54, 1.807) is 7.11 Å². The molecule has 22 heavy (non-hydrogen) atoms. The SMILES string of the molecule is COc1ccc(NC(=O)CN(C)Cc2cccc(Cl)c2)cc1. The van der Waals surface area contributed by atoms with Gasteiger partial charge in [-0.05, 0) is 49.0 Å². The molecule has 2 rings (SSSR count). The molecule has 0 saturated carbocycles. The Morgan fingerprint density at radius 3 is 2.59 bits per heavy atom. The highest BCUT2D eigenvalue weighted by molar-refractivity contribution is 6.30. The predicted octanol–water partition coefficient (Wildman–Crippen LogP) is 3.42. The second-order valence-electron chi connectivity index (χ2n) is 5.08. The van der Waals surface area contributed by atoms with Gasteiger partial charge in [0.05, 0.1) is 13.7 Å². The first-order valence-corrected chi connectivity index (χ1v) is 7.31. The lowest BCUT2D eigenvalue weighted by Crippen LogP contribution is -2.29. The number of benzene rings is 2. The number of ether oxygens (including phenoxy) is 1. The molecule has 4 nitrogen and oxygen atoms in total. The van der Waals surface area contributed by atoms with Gasteiger partial charge in [0, 0.05) is 17.3 Å². The molecule has 0 aliphatic rings. The Bertz CT molecular complexity index is 629. The summed E-state index contributed by atoms with van der Waals surface area (Å²) in [6, 6.07) is 14.9. The number of anilines is 1. The van der Waals surface area contributed by atoms with E-state index in [4.69, 9.17) is 16.3 Å². The molecule has 0 aromatic heterocycles. The number of nitrogens with one attached hydrogen (secondary N) is 1. The van der Waals surface area contributed by atoms with E-state index in [9.17, 15) is 4.79 Å². The van der Waals surface area contributed by atoms with Gasteiger partial charge in [-0.25, -0.2) is 0 Å². The van der Waals surface area contributed by atoms with Crippen molar-refractivity contribution in [3.8, 4) is 5.75 Å². The smallest absolute Gasteiger partial charge is 0.238 e. The molecule has 1 N–H and O–H groups in total. The summed E-state index contributed by atoms with van der Waals surface area (Å²) in [5, 5.41) is 3.56. The standard InChI is InChI=1S/C17H19ClN2O2/c1-20(11-13-4-3-5-14(18)10-13)12-17(21)19-15-6-8-16(22-2)9-7-15/h3-10H,11-12H2,1-2H3,(H,19,21). The van der Waals surface area contributed by atoms with Crippen molar-refractivity contribution in [2.75, 3.05) is 26.0 Å². The molecule has 5 heteroatoms. The predicted molar refractivity (Wildman–Crippen MR) is 89.4 cm³/mol. The summed E-state index contributed by atoms with van der Waals surface area (Å²) in [5.74, 6) is 0.700. The Morgan fingerprint density at radius 2 is 1.95 bits per heavy atom. The zero-order chi connectivity index (χ0) is 15.9. The fraction of sp³-hybridized carbons (Fsp3) is 0.235. The summed E-state index contributed by atoms with van der Waals surface area (Å²) in [7, 11) is 3.51. The summed E-state index contributed by atoms with van der Waals surface area (Å²) in [6.45, 7) is 0.967. The van der Waals surface area contributed by atoms with Crippen LogP contribution in [0.1, 0.15) is 5.56 Å². The molecule has 2 aromatic carbocycles. The van der Waals surface area contributed by atoms with Gasteiger partial charge in [-0.2, -0.15) is 0 Å². The van der Waals surface area contributed by atoms with Crippen LogP contribution < -0.4 is 10.1 Å². The maximum atomic E-state index is 12.0. The largest absolute Gasteiger partial charge is 0.497 e. The van der Waals surface area contributed by atoms with Crippen LogP contribution in [0.25, 0.3) is 0 Å². The number of likely N-dealkylation sites (N-methyl/N-ethyl adjacent to an activating group) is 1. The van der Waals surface area contributed by atoms with Crippen LogP contribution in [0, 0.1) is 0 Å². The zero-order valence-corrected chi connectivity index (χ0v) is 13.4. The van der Waals surface area contributed by atoms with Gasteiger partial charge in [0.1, 0.15) is 5.75 Å². The lowest BCUT2D eigenvalue weighted by molar-refractivity contribution is -0.117. The molecule has 0 heterocycles. The van der Waals surface area contributed by atoms with Gasteiger partial charge in [-0.3, -0.25) is 9.69 Å². The van der Waals surface area contributed by atoms with Gasteiger partial charge in [0.2, 0.25) is 5.91 Å². The number of nitrogens with zero attached hydrogens (tertiary/aromatic N) is 1. The van der Waals surface area contributed by atoms with Crippen LogP contribution in [-0.2, 0) is 11.3 Å². The molecular weight excluding hydrogens is 300 g/mol. The number of halogens is 1. The van der Waals surface area contributed by atoms with Crippen molar-refractivity contribution in [3.63, 3.8) is 0 Å². The van der Waals surface area contributed by atoms with E-state index >= 15 is 0 Å². The average molecular weight is 319 g/mol. The van der Waals surface area contributed by atoms with Crippen molar-refractivity contribution in [1.82, 2.24) is 4.90 Å². The lowest BCUT2D eigenvalue weighted by atomic mass is 10.2. The highest BCUT2D eigenvalue weighted by Gasteiger charge is 2.08. The van der Waals surface area contributed by atoms with Crippen LogP contribution in [0.3, 0.4) is 0 Å². The molecule has 0 spiro atoms. The molecule has 2 aromatic rings. The minimum absolute atomic E-state index is 0.0605. The molecule has 1 amide bonds. The van der Waals surface area contributed by atoms with Crippen molar-refractivity contribution < 1.29 is 9.53 Å². The quantitative estimate of drug-likeness (QED) is 0.887. The minimum atomic E-state index is -0.0605. The second kappa shape index (κ2) is 7.82. The Balaban J connectivity index is 1.85. The monoisotopic (exact) mass is 318 g/mol. The van der Waals surface area contributed by atoms with Gasteiger partial charge >= 0.3 is 0 Å². The van der Waals surface area contributed by atoms with E-state index < -0.39 is 0 Å². The summed E-state index contributed by atoms with van der Waals surface area (Å²) >= 11 is 5.96. The van der Waals surface area contributed by atoms with E-state index in [-0.39, 0.29) is 5.91 Å². The summed E-state index contributed by atoms with van der Waals surface area (Å²) in [5.41, 5.74) is 1.83. The van der Waals surface area contributed by atoms with E-state index in [0.29, 0.717) is 18.1 Å². The van der Waals surface area contributed by atoms with Gasteiger partial charge < -0.3 is 10.1 Å². The summed E-state index contributed by atoms with van der Waals surface area (Å²) < 4.78 is 5.08. The Hall–Kier alpha value is -2.04. The third kappa shape index (κ3) is 5.06. The first-order chi connectivity index (χ1) is 10.6. The average Bonchev–Trinajstić information content (AvgIpc) is 2.47. The zero-order valence-electron chi connectivity index (χ0n) is 12.7. The van der Waals surface area contributed by atoms with Gasteiger partial charge in [-0.1, -0.05) is 23.7 Å². The van der Waals surface area contributed by atoms with Crippen LogP contribution in [0.15, 0.2) is 48.5 Å². The first kappa shape index (κ1) is 16.3. The van der Waals surface area contributed by atoms with E-state index in [1.807, 2.05) is 60.5 Å². The fourth-order valence-electron chi connectivity index (χ4n) is 2.12. The van der Waals surface area contributed by atoms with E-state index in [1.165, 1.54) is 0 Å². The van der Waals surface area contributed by atoms with E-state index in [0.717, 1.165) is 17.0 Å². The third-order valence-corrected chi connectivity index (χ3v) is 3.36. The van der Waals surface area contributed by atoms with Crippen LogP contribution in [0.2, 0.25) is 5.02 Å². The van der Waals surface area contributed by atoms with E-state index in [2.05, 4.69) is 5.32 Å². The molecule has 116 valence electrons. The van der Waals surface area contributed by atoms with Gasteiger partial charge in [0.15, 0.2) is 0 Å². The molecule has 0 aliphatic carbocycles. The van der Waals surface area contributed by atoms with Crippen molar-refractivity contribution >= 4 is 23.2 Å². The fourth-order valence-corrected chi connectivity index (χ4v) is 2.34. The normalized spacial score (nSPS) is 10.5. The first-order valence-electron chi connectivity index (χ1n) is 6.93. The van der Waals surface area contributed by atoms with Crippen LogP contribution in [0.5, 0.6) is 5.75 Å². The lowest BCUT2D eigenvalue weighted by Gasteiger charge is -2.16. The van der Waals surface area contributed by atoms with Crippen LogP contribution in [0.4, 0.5) is 5.69 Å². The number of amides is 1. The molecular formula is C17H19ClN2O2. The van der Waals surface area contributed by atoms with Gasteiger partial charge in [-0.15, -0.1) is 0 Å². The number of hydrogen-bond acceptors (Lipinski definition) is 3. The number of carbonyl (C=O) groups excluding carboxylic acids is 1. The van der Waals surface area contributed by atoms with Crippen LogP contribution in [-0.4, -0.2) is 31.5 Å². The number of hydrogen-bond donors (Lipinski definition) is 1. The summed E-state index contributed by atoms with van der Waals surface area (Å²) in [4.78, 5) is 14.0. The number of methoxy groups -OCH3 is 1. The molecule has 0 unspecified atom stereocenters. The number of carbonyl (C=O) groups is 1. The number of rotatable bonds is 6. The molecule has 0 radical (unpaired) electrons. The summed E-state index contributed by atoms with van der Waals surface area (Å²) in [6.07, 6.45) is 0. The van der Waals surface area contributed by atoms with Crippen molar-refractivity contribution in [1.29, 1.82) is 0 Å². The topological polar surface area (TPSA) is 41.6 Å². The maximum absolute atomic E-state index is 12.0. The second-order valence-corrected chi connectivity index (χ2v) is 5.52. The molecule has 0 saturated heterocycles. The molecule has 0 bridgehead atoms. The molecule has 0 fully saturated rings. The van der Waals surface area contributed by atoms with Gasteiger partial charge in [0.25, 0.3) is 0 Å². The van der Waals surface area contributed by atoms with Crippen LogP contribution >= 0.6 is 11.6 Å². The van der Waals surface area contributed by atoms with Crippen molar-refractivity contribution in [2.24, 2.45) is 0 Å².